The molecule has 1 aromatic carbocycles. The van der Waals surface area contributed by atoms with Crippen molar-refractivity contribution < 1.29 is 23.1 Å². The first-order chi connectivity index (χ1) is 12.3. The molecule has 1 amide bonds. The fraction of sp³-hybridized carbons (Fsp3) is 0.579. The number of nitrogens with one attached hydrogen (secondary N) is 1. The molecule has 1 aliphatic heterocycles. The number of carbonyl (C=O) groups excluding carboxylic acids is 1. The van der Waals surface area contributed by atoms with Gasteiger partial charge >= 0.3 is 5.97 Å². The van der Waals surface area contributed by atoms with Crippen LogP contribution in [0.15, 0.2) is 29.2 Å². The molecule has 0 saturated carbocycles. The minimum Gasteiger partial charge on any atom is -0.481 e. The predicted octanol–water partition coefficient (Wildman–Crippen LogP) is 2.34. The summed E-state index contributed by atoms with van der Waals surface area (Å²) in [6.45, 7) is 9.48. The van der Waals surface area contributed by atoms with Crippen LogP contribution in [-0.2, 0) is 14.8 Å². The number of sulfonamides is 1. The van der Waals surface area contributed by atoms with Crippen molar-refractivity contribution >= 4 is 21.9 Å². The Morgan fingerprint density at radius 3 is 2.15 bits per heavy atom. The number of nitrogens with zero attached hydrogens (tertiary/aromatic N) is 1. The van der Waals surface area contributed by atoms with E-state index < -0.39 is 26.9 Å². The summed E-state index contributed by atoms with van der Waals surface area (Å²) in [5.74, 6) is -1.27. The summed E-state index contributed by atoms with van der Waals surface area (Å²) in [4.78, 5) is 26.1. The average molecular weight is 397 g/mol. The van der Waals surface area contributed by atoms with Gasteiger partial charge < -0.3 is 10.0 Å². The molecule has 1 saturated heterocycles. The van der Waals surface area contributed by atoms with Gasteiger partial charge in [-0.05, 0) is 57.4 Å². The second kappa shape index (κ2) is 7.24. The van der Waals surface area contributed by atoms with Gasteiger partial charge in [-0.3, -0.25) is 9.59 Å². The molecule has 0 aliphatic carbocycles. The lowest BCUT2D eigenvalue weighted by Gasteiger charge is -2.28. The number of carbonyl (C=O) groups is 2. The van der Waals surface area contributed by atoms with E-state index in [1.165, 1.54) is 29.2 Å². The van der Waals surface area contributed by atoms with Crippen LogP contribution in [0, 0.1) is 11.3 Å². The smallest absolute Gasteiger partial charge is 0.311 e. The zero-order valence-electron chi connectivity index (χ0n) is 16.4. The molecule has 2 N–H and O–H groups in total. The number of amides is 1. The third kappa shape index (κ3) is 4.50. The van der Waals surface area contributed by atoms with Gasteiger partial charge in [-0.15, -0.1) is 0 Å². The molecule has 1 atom stereocenters. The van der Waals surface area contributed by atoms with Gasteiger partial charge in [0.2, 0.25) is 10.0 Å². The van der Waals surface area contributed by atoms with Crippen molar-refractivity contribution in [2.24, 2.45) is 11.3 Å². The van der Waals surface area contributed by atoms with Crippen LogP contribution in [0.5, 0.6) is 0 Å². The van der Waals surface area contributed by atoms with Crippen molar-refractivity contribution in [3.8, 4) is 0 Å². The summed E-state index contributed by atoms with van der Waals surface area (Å²) >= 11 is 0. The number of likely N-dealkylation sites (tertiary alicyclic amines) is 1. The molecular formula is C19H28N2O5S. The van der Waals surface area contributed by atoms with E-state index >= 15 is 0 Å². The molecule has 0 radical (unpaired) electrons. The van der Waals surface area contributed by atoms with E-state index in [9.17, 15) is 23.1 Å². The van der Waals surface area contributed by atoms with Gasteiger partial charge in [0.25, 0.3) is 5.91 Å². The Balaban J connectivity index is 2.19. The van der Waals surface area contributed by atoms with Gasteiger partial charge in [0, 0.05) is 24.2 Å². The van der Waals surface area contributed by atoms with Crippen molar-refractivity contribution in [1.29, 1.82) is 0 Å². The Morgan fingerprint density at radius 1 is 1.19 bits per heavy atom. The maximum absolute atomic E-state index is 12.7. The number of hydrogen-bond acceptors (Lipinski definition) is 4. The molecule has 0 bridgehead atoms. The second-order valence-corrected chi connectivity index (χ2v) is 10.2. The number of rotatable bonds is 5. The zero-order valence-corrected chi connectivity index (χ0v) is 17.3. The van der Waals surface area contributed by atoms with E-state index in [4.69, 9.17) is 0 Å². The number of aliphatic carboxylic acids is 1. The highest BCUT2D eigenvalue weighted by Gasteiger charge is 2.48. The van der Waals surface area contributed by atoms with Crippen LogP contribution >= 0.6 is 0 Å². The van der Waals surface area contributed by atoms with Crippen molar-refractivity contribution in [2.75, 3.05) is 13.1 Å². The lowest BCUT2D eigenvalue weighted by atomic mass is 9.76. The Morgan fingerprint density at radius 2 is 1.74 bits per heavy atom. The molecule has 1 heterocycles. The zero-order chi connectivity index (χ0) is 20.6. The lowest BCUT2D eigenvalue weighted by molar-refractivity contribution is -0.150. The monoisotopic (exact) mass is 396 g/mol. The Labute approximate surface area is 160 Å². The SMILES string of the molecule is CC(C)C1(C(=O)O)CCN(C(=O)c2ccc(S(=O)(=O)NC(C)(C)C)cc2)C1. The topological polar surface area (TPSA) is 104 Å². The third-order valence-electron chi connectivity index (χ3n) is 4.97. The normalized spacial score (nSPS) is 20.9. The van der Waals surface area contributed by atoms with Gasteiger partial charge in [-0.2, -0.15) is 0 Å². The van der Waals surface area contributed by atoms with Crippen LogP contribution in [0.25, 0.3) is 0 Å². The first-order valence-electron chi connectivity index (χ1n) is 8.95. The highest BCUT2D eigenvalue weighted by Crippen LogP contribution is 2.38. The van der Waals surface area contributed by atoms with Gasteiger partial charge in [0.1, 0.15) is 0 Å². The summed E-state index contributed by atoms with van der Waals surface area (Å²) in [6.07, 6.45) is 0.410. The summed E-state index contributed by atoms with van der Waals surface area (Å²) < 4.78 is 27.3. The van der Waals surface area contributed by atoms with E-state index in [0.29, 0.717) is 18.5 Å². The summed E-state index contributed by atoms with van der Waals surface area (Å²) in [5, 5.41) is 9.61. The second-order valence-electron chi connectivity index (χ2n) is 8.47. The van der Waals surface area contributed by atoms with Crippen molar-refractivity contribution in [3.63, 3.8) is 0 Å². The van der Waals surface area contributed by atoms with E-state index in [2.05, 4.69) is 4.72 Å². The quantitative estimate of drug-likeness (QED) is 0.795. The standard InChI is InChI=1S/C19H28N2O5S/c1-13(2)19(17(23)24)10-11-21(12-19)16(22)14-6-8-15(9-7-14)27(25,26)20-18(3,4)5/h6-9,13,20H,10-12H2,1-5H3,(H,23,24). The van der Waals surface area contributed by atoms with Crippen molar-refractivity contribution in [3.05, 3.63) is 29.8 Å². The minimum absolute atomic E-state index is 0.0810. The fourth-order valence-electron chi connectivity index (χ4n) is 3.32. The van der Waals surface area contributed by atoms with E-state index in [0.717, 1.165) is 0 Å². The molecule has 8 heteroatoms. The van der Waals surface area contributed by atoms with E-state index in [1.807, 2.05) is 13.8 Å². The fourth-order valence-corrected chi connectivity index (χ4v) is 4.74. The molecule has 1 aliphatic rings. The maximum Gasteiger partial charge on any atom is 0.311 e. The van der Waals surface area contributed by atoms with Gasteiger partial charge in [0.15, 0.2) is 0 Å². The first kappa shape index (κ1) is 21.4. The Hall–Kier alpha value is -1.93. The molecule has 1 aromatic rings. The van der Waals surface area contributed by atoms with Crippen molar-refractivity contribution in [1.82, 2.24) is 9.62 Å². The first-order valence-corrected chi connectivity index (χ1v) is 10.4. The molecule has 7 nitrogen and oxygen atoms in total. The number of carboxylic acid groups (broad SMARTS) is 1. The van der Waals surface area contributed by atoms with Crippen LogP contribution in [0.1, 0.15) is 51.4 Å². The average Bonchev–Trinajstić information content (AvgIpc) is 2.99. The predicted molar refractivity (Wildman–Crippen MR) is 102 cm³/mol. The Bertz CT molecular complexity index is 825. The number of hydrogen-bond donors (Lipinski definition) is 2. The molecule has 0 spiro atoms. The van der Waals surface area contributed by atoms with Crippen LogP contribution in [0.2, 0.25) is 0 Å². The highest BCUT2D eigenvalue weighted by molar-refractivity contribution is 7.89. The lowest BCUT2D eigenvalue weighted by Crippen LogP contribution is -2.41. The summed E-state index contributed by atoms with van der Waals surface area (Å²) in [5.41, 5.74) is -1.20. The van der Waals surface area contributed by atoms with E-state index in [1.54, 1.807) is 20.8 Å². The molecule has 0 aromatic heterocycles. The Kier molecular flexibility index (Phi) is 5.73. The molecular weight excluding hydrogens is 368 g/mol. The van der Waals surface area contributed by atoms with Gasteiger partial charge in [0.05, 0.1) is 10.3 Å². The molecule has 1 fully saturated rings. The van der Waals surface area contributed by atoms with E-state index in [-0.39, 0.29) is 23.3 Å². The van der Waals surface area contributed by atoms with Crippen molar-refractivity contribution in [2.45, 2.75) is 51.5 Å². The summed E-state index contributed by atoms with van der Waals surface area (Å²) in [7, 11) is -3.67. The number of benzene rings is 1. The van der Waals surface area contributed by atoms with Crippen LogP contribution < -0.4 is 4.72 Å². The van der Waals surface area contributed by atoms with Gasteiger partial charge in [-0.25, -0.2) is 13.1 Å². The largest absolute Gasteiger partial charge is 0.481 e. The van der Waals surface area contributed by atoms with Crippen LogP contribution in [-0.4, -0.2) is 48.9 Å². The molecule has 2 rings (SSSR count). The molecule has 27 heavy (non-hydrogen) atoms. The molecule has 150 valence electrons. The van der Waals surface area contributed by atoms with Gasteiger partial charge in [-0.1, -0.05) is 13.8 Å². The number of carboxylic acids is 1. The highest BCUT2D eigenvalue weighted by atomic mass is 32.2. The summed E-state index contributed by atoms with van der Waals surface area (Å²) in [6, 6.07) is 5.72. The minimum atomic E-state index is -3.67. The maximum atomic E-state index is 12.7. The molecule has 1 unspecified atom stereocenters. The van der Waals surface area contributed by atoms with Crippen LogP contribution in [0.4, 0.5) is 0 Å². The van der Waals surface area contributed by atoms with Crippen LogP contribution in [0.3, 0.4) is 0 Å². The third-order valence-corrected chi connectivity index (χ3v) is 6.75.